The molecule has 0 aliphatic rings. The maximum atomic E-state index is 12.9. The maximum absolute atomic E-state index is 12.9. The van der Waals surface area contributed by atoms with Gasteiger partial charge in [-0.05, 0) is 48.5 Å². The van der Waals surface area contributed by atoms with E-state index in [4.69, 9.17) is 0 Å². The fourth-order valence-electron chi connectivity index (χ4n) is 4.10. The molecule has 0 saturated heterocycles. The molecule has 4 aromatic carbocycles. The van der Waals surface area contributed by atoms with E-state index >= 15 is 0 Å². The first-order valence-corrected chi connectivity index (χ1v) is 12.7. The van der Waals surface area contributed by atoms with Gasteiger partial charge in [0.15, 0.2) is 6.04 Å². The van der Waals surface area contributed by atoms with Crippen LogP contribution in [-0.2, 0) is 4.79 Å². The van der Waals surface area contributed by atoms with Gasteiger partial charge < -0.3 is 10.4 Å². The first-order chi connectivity index (χ1) is 16.1. The zero-order chi connectivity index (χ0) is 23.1. The number of carboxylic acid groups (broad SMARTS) is 1. The van der Waals surface area contributed by atoms with Gasteiger partial charge in [-0.3, -0.25) is 4.79 Å². The van der Waals surface area contributed by atoms with Crippen LogP contribution in [0.5, 0.6) is 0 Å². The smallest absolute Gasteiger partial charge is 0.330 e. The average Bonchev–Trinajstić information content (AvgIpc) is 2.88. The number of nitrogens with one attached hydrogen (secondary N) is 1. The Balaban J connectivity index is 1.85. The summed E-state index contributed by atoms with van der Waals surface area (Å²) < 4.78 is 0. The third-order valence-electron chi connectivity index (χ3n) is 5.69. The van der Waals surface area contributed by atoms with Gasteiger partial charge in [0.25, 0.3) is 5.91 Å². The number of carboxylic acids is 1. The van der Waals surface area contributed by atoms with Crippen LogP contribution >= 0.6 is 7.26 Å². The van der Waals surface area contributed by atoms with E-state index in [0.717, 1.165) is 15.9 Å². The second-order valence-electron chi connectivity index (χ2n) is 7.73. The molecular formula is C28H25NO3P+. The number of amides is 1. The van der Waals surface area contributed by atoms with Crippen LogP contribution in [0, 0.1) is 0 Å². The quantitative estimate of drug-likeness (QED) is 0.398. The Labute approximate surface area is 194 Å². The van der Waals surface area contributed by atoms with Crippen molar-refractivity contribution in [3.05, 3.63) is 127 Å². The van der Waals surface area contributed by atoms with E-state index in [9.17, 15) is 14.7 Å². The van der Waals surface area contributed by atoms with Gasteiger partial charge in [0.2, 0.25) is 0 Å². The lowest BCUT2D eigenvalue weighted by Gasteiger charge is -2.30. The normalized spacial score (nSPS) is 12.0. The van der Waals surface area contributed by atoms with E-state index in [1.807, 2.05) is 60.7 Å². The summed E-state index contributed by atoms with van der Waals surface area (Å²) in [4.78, 5) is 25.3. The highest BCUT2D eigenvalue weighted by atomic mass is 31.2. The summed E-state index contributed by atoms with van der Waals surface area (Å²) >= 11 is 0. The Morgan fingerprint density at radius 1 is 0.636 bits per heavy atom. The van der Waals surface area contributed by atoms with E-state index in [1.54, 1.807) is 24.3 Å². The minimum atomic E-state index is -2.41. The molecule has 0 bridgehead atoms. The van der Waals surface area contributed by atoms with Crippen molar-refractivity contribution in [3.8, 4) is 0 Å². The third-order valence-corrected chi connectivity index (χ3v) is 10.1. The largest absolute Gasteiger partial charge is 0.480 e. The van der Waals surface area contributed by atoms with Gasteiger partial charge in [-0.25, -0.2) is 4.79 Å². The van der Waals surface area contributed by atoms with Gasteiger partial charge in [-0.1, -0.05) is 72.8 Å². The molecule has 5 heteroatoms. The maximum Gasteiger partial charge on any atom is 0.330 e. The van der Waals surface area contributed by atoms with Gasteiger partial charge in [-0.2, -0.15) is 0 Å². The van der Waals surface area contributed by atoms with Crippen molar-refractivity contribution < 1.29 is 14.7 Å². The predicted molar refractivity (Wildman–Crippen MR) is 135 cm³/mol. The fourth-order valence-corrected chi connectivity index (χ4v) is 8.47. The molecule has 33 heavy (non-hydrogen) atoms. The molecule has 0 aliphatic heterocycles. The summed E-state index contributed by atoms with van der Waals surface area (Å²) in [5.74, 6) is -1.44. The van der Waals surface area contributed by atoms with Crippen molar-refractivity contribution in [1.82, 2.24) is 5.32 Å². The molecule has 4 rings (SSSR count). The predicted octanol–water partition coefficient (Wildman–Crippen LogP) is 3.86. The molecular weight excluding hydrogens is 429 g/mol. The van der Waals surface area contributed by atoms with Crippen molar-refractivity contribution >= 4 is 35.1 Å². The first-order valence-electron chi connectivity index (χ1n) is 10.7. The Hall–Kier alpha value is -3.75. The zero-order valence-electron chi connectivity index (χ0n) is 18.0. The highest BCUT2D eigenvalue weighted by Gasteiger charge is 2.48. The molecule has 0 unspecified atom stereocenters. The minimum absolute atomic E-state index is 0.263. The van der Waals surface area contributed by atoms with E-state index in [0.29, 0.717) is 5.56 Å². The van der Waals surface area contributed by atoms with Crippen molar-refractivity contribution in [3.63, 3.8) is 0 Å². The van der Waals surface area contributed by atoms with Gasteiger partial charge >= 0.3 is 5.97 Å². The number of hydrogen-bond donors (Lipinski definition) is 2. The van der Waals surface area contributed by atoms with Crippen LogP contribution in [0.15, 0.2) is 121 Å². The Kier molecular flexibility index (Phi) is 6.97. The number of aliphatic carboxylic acids is 1. The summed E-state index contributed by atoms with van der Waals surface area (Å²) in [5.41, 5.74) is 0.437. The lowest BCUT2D eigenvalue weighted by Crippen LogP contribution is -2.48. The van der Waals surface area contributed by atoms with Crippen LogP contribution in [0.1, 0.15) is 10.4 Å². The Morgan fingerprint density at radius 3 is 1.36 bits per heavy atom. The second kappa shape index (κ2) is 10.2. The molecule has 4 aromatic rings. The SMILES string of the molecule is O=C(N[C@@H](C[P+](c1ccccc1)(c1ccccc1)c1ccccc1)C(=O)O)c1ccccc1. The van der Waals surface area contributed by atoms with Gasteiger partial charge in [0, 0.05) is 5.56 Å². The van der Waals surface area contributed by atoms with E-state index < -0.39 is 25.2 Å². The van der Waals surface area contributed by atoms with Crippen molar-refractivity contribution in [2.75, 3.05) is 6.16 Å². The first kappa shape index (κ1) is 22.4. The topological polar surface area (TPSA) is 66.4 Å². The minimum Gasteiger partial charge on any atom is -0.480 e. The van der Waals surface area contributed by atoms with Gasteiger partial charge in [0.1, 0.15) is 29.3 Å². The zero-order valence-corrected chi connectivity index (χ0v) is 18.9. The van der Waals surface area contributed by atoms with Crippen LogP contribution in [0.25, 0.3) is 0 Å². The molecule has 0 heterocycles. The molecule has 0 saturated carbocycles. The van der Waals surface area contributed by atoms with Gasteiger partial charge in [-0.15, -0.1) is 0 Å². The van der Waals surface area contributed by atoms with Crippen LogP contribution in [0.2, 0.25) is 0 Å². The third kappa shape index (κ3) is 4.87. The Bertz CT molecular complexity index is 1100. The van der Waals surface area contributed by atoms with E-state index in [2.05, 4.69) is 41.7 Å². The summed E-state index contributed by atoms with van der Waals surface area (Å²) in [5, 5.41) is 16.2. The van der Waals surface area contributed by atoms with Crippen LogP contribution < -0.4 is 21.2 Å². The number of hydrogen-bond acceptors (Lipinski definition) is 2. The lowest BCUT2D eigenvalue weighted by molar-refractivity contribution is -0.138. The molecule has 1 amide bonds. The second-order valence-corrected chi connectivity index (χ2v) is 11.3. The molecule has 0 spiro atoms. The molecule has 0 aliphatic carbocycles. The summed E-state index contributed by atoms with van der Waals surface area (Å²) in [6.45, 7) is 0. The number of carbonyl (C=O) groups excluding carboxylic acids is 1. The lowest BCUT2D eigenvalue weighted by atomic mass is 10.2. The van der Waals surface area contributed by atoms with Crippen molar-refractivity contribution in [2.24, 2.45) is 0 Å². The molecule has 0 radical (unpaired) electrons. The number of benzene rings is 4. The highest BCUT2D eigenvalue weighted by molar-refractivity contribution is 7.95. The number of carbonyl (C=O) groups is 2. The van der Waals surface area contributed by atoms with Crippen LogP contribution in [0.4, 0.5) is 0 Å². The molecule has 2 N–H and O–H groups in total. The number of rotatable bonds is 8. The fraction of sp³-hybridized carbons (Fsp3) is 0.0714. The monoisotopic (exact) mass is 454 g/mol. The van der Waals surface area contributed by atoms with Crippen LogP contribution in [-0.4, -0.2) is 29.2 Å². The average molecular weight is 454 g/mol. The molecule has 0 fully saturated rings. The van der Waals surface area contributed by atoms with Crippen molar-refractivity contribution in [2.45, 2.75) is 6.04 Å². The van der Waals surface area contributed by atoms with Crippen molar-refractivity contribution in [1.29, 1.82) is 0 Å². The van der Waals surface area contributed by atoms with E-state index in [-0.39, 0.29) is 6.16 Å². The standard InChI is InChI=1S/C28H24NO3P/c30-27(22-13-5-1-6-14-22)29-26(28(31)32)21-33(23-15-7-2-8-16-23,24-17-9-3-10-18-24)25-19-11-4-12-20-25/h1-20,26H,21H2,(H-,29,30,31,32)/p+1/t26-/m0/s1. The van der Waals surface area contributed by atoms with E-state index in [1.165, 1.54) is 0 Å². The summed E-state index contributed by atoms with van der Waals surface area (Å²) in [6, 6.07) is 37.8. The molecule has 4 nitrogen and oxygen atoms in total. The highest BCUT2D eigenvalue weighted by Crippen LogP contribution is 2.55. The molecule has 164 valence electrons. The molecule has 1 atom stereocenters. The Morgan fingerprint density at radius 2 is 1.00 bits per heavy atom. The summed E-state index contributed by atoms with van der Waals surface area (Å²) in [7, 11) is -2.41. The molecule has 0 aromatic heterocycles. The van der Waals surface area contributed by atoms with Crippen LogP contribution in [0.3, 0.4) is 0 Å². The summed E-state index contributed by atoms with van der Waals surface area (Å²) in [6.07, 6.45) is 0.263. The van der Waals surface area contributed by atoms with Gasteiger partial charge in [0.05, 0.1) is 0 Å².